The number of hydrogen-bond acceptors (Lipinski definition) is 5. The fourth-order valence-electron chi connectivity index (χ4n) is 1.64. The van der Waals surface area contributed by atoms with Crippen LogP contribution in [-0.4, -0.2) is 38.0 Å². The maximum Gasteiger partial charge on any atom is 0.343 e. The van der Waals surface area contributed by atoms with Crippen LogP contribution in [0.1, 0.15) is 17.3 Å². The third kappa shape index (κ3) is 5.53. The Hall–Kier alpha value is -2.08. The lowest BCUT2D eigenvalue weighted by atomic mass is 10.0. The van der Waals surface area contributed by atoms with E-state index >= 15 is 0 Å². The first-order valence-electron chi connectivity index (χ1n) is 6.90. The van der Waals surface area contributed by atoms with Crippen LogP contribution in [0.3, 0.4) is 0 Å². The standard InChI is InChI=1S/C15H17F3NO4P/c1-4-23-15(21)10(7-19-8-24(2,3)22)14(20)9-5-12(17)13(18)6-11(9)16/h5-7,19H,4,8H2,1-3H3. The zero-order valence-corrected chi connectivity index (χ0v) is 14.3. The molecule has 0 spiro atoms. The second-order valence-electron chi connectivity index (χ2n) is 5.29. The first kappa shape index (κ1) is 20.0. The number of hydrogen-bond donors (Lipinski definition) is 1. The molecule has 9 heteroatoms. The summed E-state index contributed by atoms with van der Waals surface area (Å²) < 4.78 is 56.3. The summed E-state index contributed by atoms with van der Waals surface area (Å²) >= 11 is 0. The zero-order valence-electron chi connectivity index (χ0n) is 13.4. The molecule has 1 aromatic rings. The third-order valence-electron chi connectivity index (χ3n) is 2.71. The Morgan fingerprint density at radius 3 is 2.29 bits per heavy atom. The average Bonchev–Trinajstić information content (AvgIpc) is 2.46. The van der Waals surface area contributed by atoms with Gasteiger partial charge >= 0.3 is 5.97 Å². The van der Waals surface area contributed by atoms with Crippen LogP contribution < -0.4 is 5.32 Å². The van der Waals surface area contributed by atoms with Crippen LogP contribution in [0, 0.1) is 17.5 Å². The smallest absolute Gasteiger partial charge is 0.343 e. The van der Waals surface area contributed by atoms with Gasteiger partial charge in [-0.15, -0.1) is 0 Å². The molecule has 132 valence electrons. The van der Waals surface area contributed by atoms with Gasteiger partial charge in [0.05, 0.1) is 25.6 Å². The van der Waals surface area contributed by atoms with E-state index in [4.69, 9.17) is 4.74 Å². The minimum Gasteiger partial charge on any atom is -0.462 e. The Bertz CT molecular complexity index is 728. The van der Waals surface area contributed by atoms with E-state index in [-0.39, 0.29) is 19.0 Å². The average molecular weight is 363 g/mol. The summed E-state index contributed by atoms with van der Waals surface area (Å²) in [6, 6.07) is 0.579. The quantitative estimate of drug-likeness (QED) is 0.153. The molecule has 0 saturated heterocycles. The van der Waals surface area contributed by atoms with E-state index < -0.39 is 47.5 Å². The molecule has 0 heterocycles. The Morgan fingerprint density at radius 2 is 1.75 bits per heavy atom. The SMILES string of the molecule is CCOC(=O)C(=CNCP(C)(C)=O)C(=O)c1cc(F)c(F)cc1F. The van der Waals surface area contributed by atoms with Crippen LogP contribution in [0.25, 0.3) is 0 Å². The lowest BCUT2D eigenvalue weighted by Crippen LogP contribution is -2.21. The van der Waals surface area contributed by atoms with Crippen molar-refractivity contribution in [2.24, 2.45) is 0 Å². The topological polar surface area (TPSA) is 72.5 Å². The molecule has 0 atom stereocenters. The van der Waals surface area contributed by atoms with Crippen LogP contribution in [0.2, 0.25) is 0 Å². The number of ketones is 1. The lowest BCUT2D eigenvalue weighted by Gasteiger charge is -2.10. The van der Waals surface area contributed by atoms with Crippen molar-refractivity contribution in [1.82, 2.24) is 5.32 Å². The number of esters is 1. The number of halogens is 3. The minimum absolute atomic E-state index is 0.0244. The molecule has 5 nitrogen and oxygen atoms in total. The molecule has 0 aliphatic heterocycles. The molecular formula is C15H17F3NO4P. The van der Waals surface area contributed by atoms with Gasteiger partial charge in [0.15, 0.2) is 11.6 Å². The van der Waals surface area contributed by atoms with Gasteiger partial charge in [-0.05, 0) is 26.3 Å². The second-order valence-corrected chi connectivity index (χ2v) is 8.75. The van der Waals surface area contributed by atoms with Gasteiger partial charge in [-0.1, -0.05) is 0 Å². The van der Waals surface area contributed by atoms with Gasteiger partial charge in [0.2, 0.25) is 5.78 Å². The number of carbonyl (C=O) groups excluding carboxylic acids is 2. The van der Waals surface area contributed by atoms with Gasteiger partial charge in [0.1, 0.15) is 11.4 Å². The van der Waals surface area contributed by atoms with Gasteiger partial charge in [-0.2, -0.15) is 0 Å². The Labute approximate surface area is 137 Å². The molecule has 0 aromatic heterocycles. The van der Waals surface area contributed by atoms with Crippen molar-refractivity contribution in [3.63, 3.8) is 0 Å². The third-order valence-corrected chi connectivity index (χ3v) is 3.66. The highest BCUT2D eigenvalue weighted by atomic mass is 31.2. The van der Waals surface area contributed by atoms with E-state index in [1.165, 1.54) is 20.3 Å². The lowest BCUT2D eigenvalue weighted by molar-refractivity contribution is -0.138. The van der Waals surface area contributed by atoms with Gasteiger partial charge in [-0.25, -0.2) is 18.0 Å². The number of Topliss-reactive ketones (excluding diaryl/α,β-unsaturated/α-hetero) is 1. The van der Waals surface area contributed by atoms with E-state index in [0.29, 0.717) is 6.07 Å². The van der Waals surface area contributed by atoms with Crippen molar-refractivity contribution in [3.8, 4) is 0 Å². The van der Waals surface area contributed by atoms with E-state index in [1.54, 1.807) is 0 Å². The summed E-state index contributed by atoms with van der Waals surface area (Å²) in [4.78, 5) is 24.2. The summed E-state index contributed by atoms with van der Waals surface area (Å²) in [7, 11) is -2.50. The fourth-order valence-corrected chi connectivity index (χ4v) is 2.17. The summed E-state index contributed by atoms with van der Waals surface area (Å²) in [6.07, 6.45) is 0.907. The molecule has 0 saturated carbocycles. The van der Waals surface area contributed by atoms with Crippen LogP contribution >= 0.6 is 7.14 Å². The molecule has 0 amide bonds. The molecule has 1 rings (SSSR count). The van der Waals surface area contributed by atoms with Gasteiger partial charge in [0.25, 0.3) is 0 Å². The molecule has 1 aromatic carbocycles. The molecule has 24 heavy (non-hydrogen) atoms. The Kier molecular flexibility index (Phi) is 6.78. The number of nitrogens with one attached hydrogen (secondary N) is 1. The molecular weight excluding hydrogens is 346 g/mol. The van der Waals surface area contributed by atoms with Crippen LogP contribution in [-0.2, 0) is 14.1 Å². The van der Waals surface area contributed by atoms with Crippen molar-refractivity contribution in [2.75, 3.05) is 26.2 Å². The number of rotatable bonds is 7. The maximum atomic E-state index is 13.7. The highest BCUT2D eigenvalue weighted by Crippen LogP contribution is 2.33. The zero-order chi connectivity index (χ0) is 18.5. The Morgan fingerprint density at radius 1 is 1.17 bits per heavy atom. The second kappa shape index (κ2) is 8.15. The molecule has 0 radical (unpaired) electrons. The molecule has 0 unspecified atom stereocenters. The largest absolute Gasteiger partial charge is 0.462 e. The summed E-state index contributed by atoms with van der Waals surface area (Å²) in [5.41, 5.74) is -1.43. The van der Waals surface area contributed by atoms with E-state index in [0.717, 1.165) is 6.20 Å². The maximum absolute atomic E-state index is 13.7. The minimum atomic E-state index is -2.50. The fraction of sp³-hybridized carbons (Fsp3) is 0.333. The predicted molar refractivity (Wildman–Crippen MR) is 82.8 cm³/mol. The molecule has 1 N–H and O–H groups in total. The highest BCUT2D eigenvalue weighted by Gasteiger charge is 2.25. The van der Waals surface area contributed by atoms with Crippen LogP contribution in [0.15, 0.2) is 23.9 Å². The van der Waals surface area contributed by atoms with E-state index in [1.807, 2.05) is 0 Å². The van der Waals surface area contributed by atoms with Crippen molar-refractivity contribution < 1.29 is 32.1 Å². The number of benzene rings is 1. The van der Waals surface area contributed by atoms with Gasteiger partial charge in [0, 0.05) is 12.3 Å². The predicted octanol–water partition coefficient (Wildman–Crippen LogP) is 2.90. The van der Waals surface area contributed by atoms with Crippen LogP contribution in [0.4, 0.5) is 13.2 Å². The normalized spacial score (nSPS) is 12.0. The molecule has 0 aliphatic carbocycles. The first-order chi connectivity index (χ1) is 11.1. The van der Waals surface area contributed by atoms with Gasteiger partial charge in [-0.3, -0.25) is 4.79 Å². The Balaban J connectivity index is 3.21. The number of ether oxygens (including phenoxy) is 1. The summed E-state index contributed by atoms with van der Waals surface area (Å²) in [6.45, 7) is 4.41. The molecule has 0 aliphatic rings. The monoisotopic (exact) mass is 363 g/mol. The van der Waals surface area contributed by atoms with E-state index in [9.17, 15) is 27.3 Å². The van der Waals surface area contributed by atoms with Crippen molar-refractivity contribution in [2.45, 2.75) is 6.92 Å². The van der Waals surface area contributed by atoms with Crippen molar-refractivity contribution in [1.29, 1.82) is 0 Å². The molecule has 0 bridgehead atoms. The highest BCUT2D eigenvalue weighted by molar-refractivity contribution is 7.62. The number of carbonyl (C=O) groups is 2. The van der Waals surface area contributed by atoms with Crippen molar-refractivity contribution >= 4 is 18.9 Å². The van der Waals surface area contributed by atoms with Crippen LogP contribution in [0.5, 0.6) is 0 Å². The molecule has 0 fully saturated rings. The van der Waals surface area contributed by atoms with Gasteiger partial charge < -0.3 is 14.6 Å². The summed E-state index contributed by atoms with van der Waals surface area (Å²) in [5, 5.41) is 2.52. The first-order valence-corrected chi connectivity index (χ1v) is 9.69. The summed E-state index contributed by atoms with van der Waals surface area (Å²) in [5.74, 6) is -6.45. The van der Waals surface area contributed by atoms with E-state index in [2.05, 4.69) is 5.32 Å². The van der Waals surface area contributed by atoms with Crippen molar-refractivity contribution in [3.05, 3.63) is 46.9 Å².